The van der Waals surface area contributed by atoms with Crippen molar-refractivity contribution in [1.82, 2.24) is 0 Å². The normalized spacial score (nSPS) is 12.0. The lowest BCUT2D eigenvalue weighted by molar-refractivity contribution is 0.323. The van der Waals surface area contributed by atoms with Crippen LogP contribution in [0.25, 0.3) is 0 Å². The summed E-state index contributed by atoms with van der Waals surface area (Å²) in [6.07, 6.45) is 0. The minimum atomic E-state index is -1.42. The molecule has 0 aliphatic carbocycles. The fourth-order valence-corrected chi connectivity index (χ4v) is 0. The summed E-state index contributed by atoms with van der Waals surface area (Å²) in [7, 11) is 0. The van der Waals surface area contributed by atoms with Crippen molar-refractivity contribution in [2.24, 2.45) is 0 Å². The molecule has 0 saturated carbocycles. The lowest BCUT2D eigenvalue weighted by Gasteiger charge is -2.00. The van der Waals surface area contributed by atoms with Gasteiger partial charge in [-0.1, -0.05) is 0 Å². The van der Waals surface area contributed by atoms with E-state index >= 15 is 0 Å². The van der Waals surface area contributed by atoms with Crippen LogP contribution in [-0.2, 0) is 0 Å². The number of aliphatic hydroxyl groups is 1. The first-order valence-corrected chi connectivity index (χ1v) is 2.24. The van der Waals surface area contributed by atoms with E-state index in [-0.39, 0.29) is 0 Å². The zero-order valence-electron chi connectivity index (χ0n) is 2.29. The van der Waals surface area contributed by atoms with Gasteiger partial charge in [0.25, 0.3) is 0 Å². The lowest BCUT2D eigenvalue weighted by Crippen LogP contribution is -1.96. The molecule has 0 aliphatic heterocycles. The minimum absolute atomic E-state index is 1.42. The van der Waals surface area contributed by atoms with Crippen LogP contribution in [0.2, 0.25) is 0 Å². The summed E-state index contributed by atoms with van der Waals surface area (Å²) in [5.41, 5.74) is 0. The molecule has 1 nitrogen and oxygen atoms in total. The highest BCUT2D eigenvalue weighted by Crippen LogP contribution is 2.17. The van der Waals surface area contributed by atoms with Gasteiger partial charge in [0.1, 0.15) is 0 Å². The standard InChI is InChI=1S/CH4OS3/c2-1(3,4)5/h2-5H. The second-order valence-electron chi connectivity index (χ2n) is 0.600. The zero-order valence-corrected chi connectivity index (χ0v) is 4.97. The summed E-state index contributed by atoms with van der Waals surface area (Å²) >= 11 is 10.2. The SMILES string of the molecule is OC(S)(S)S. The smallest absolute Gasteiger partial charge is 0.197 e. The van der Waals surface area contributed by atoms with Crippen LogP contribution in [-0.4, -0.2) is 8.70 Å². The minimum Gasteiger partial charge on any atom is -0.363 e. The molecule has 1 N–H and O–H groups in total. The van der Waals surface area contributed by atoms with E-state index in [4.69, 9.17) is 5.11 Å². The highest BCUT2D eigenvalue weighted by atomic mass is 32.2. The number of thiol groups is 3. The van der Waals surface area contributed by atoms with Crippen molar-refractivity contribution in [2.75, 3.05) is 0 Å². The predicted molar refractivity (Wildman–Crippen MR) is 31.9 cm³/mol. The molecule has 4 heteroatoms. The second-order valence-corrected chi connectivity index (χ2v) is 3.60. The molecule has 0 amide bonds. The van der Waals surface area contributed by atoms with Crippen LogP contribution < -0.4 is 0 Å². The molecule has 0 aromatic carbocycles. The summed E-state index contributed by atoms with van der Waals surface area (Å²) < 4.78 is -1.42. The lowest BCUT2D eigenvalue weighted by atomic mass is 11.6. The Labute approximate surface area is 47.0 Å². The first-order valence-electron chi connectivity index (χ1n) is 0.894. The summed E-state index contributed by atoms with van der Waals surface area (Å²) in [5.74, 6) is 0. The van der Waals surface area contributed by atoms with Crippen molar-refractivity contribution in [3.63, 3.8) is 0 Å². The molecule has 0 radical (unpaired) electrons. The van der Waals surface area contributed by atoms with Crippen LogP contribution in [0.4, 0.5) is 0 Å². The van der Waals surface area contributed by atoms with Crippen molar-refractivity contribution in [1.29, 1.82) is 0 Å². The topological polar surface area (TPSA) is 20.2 Å². The van der Waals surface area contributed by atoms with Gasteiger partial charge in [-0.25, -0.2) is 0 Å². The fraction of sp³-hybridized carbons (Fsp3) is 1.00. The molecule has 32 valence electrons. The van der Waals surface area contributed by atoms with Crippen LogP contribution in [0.15, 0.2) is 0 Å². The van der Waals surface area contributed by atoms with E-state index < -0.39 is 3.60 Å². The van der Waals surface area contributed by atoms with E-state index in [1.807, 2.05) is 0 Å². The average molecular weight is 128 g/mol. The quantitative estimate of drug-likeness (QED) is 0.275. The molecule has 0 aromatic rings. The van der Waals surface area contributed by atoms with E-state index in [2.05, 4.69) is 37.9 Å². The third-order valence-electron chi connectivity index (χ3n) is 0. The zero-order chi connectivity index (χ0) is 4.50. The van der Waals surface area contributed by atoms with E-state index in [9.17, 15) is 0 Å². The largest absolute Gasteiger partial charge is 0.363 e. The highest BCUT2D eigenvalue weighted by molar-refractivity contribution is 8.16. The van der Waals surface area contributed by atoms with Gasteiger partial charge in [0.15, 0.2) is 3.60 Å². The summed E-state index contributed by atoms with van der Waals surface area (Å²) in [4.78, 5) is 0. The second kappa shape index (κ2) is 1.64. The first-order chi connectivity index (χ1) is 2.00. The van der Waals surface area contributed by atoms with Crippen LogP contribution in [0.1, 0.15) is 0 Å². The van der Waals surface area contributed by atoms with Gasteiger partial charge in [0.05, 0.1) is 0 Å². The van der Waals surface area contributed by atoms with Crippen molar-refractivity contribution >= 4 is 37.9 Å². The van der Waals surface area contributed by atoms with Gasteiger partial charge < -0.3 is 5.11 Å². The van der Waals surface area contributed by atoms with E-state index in [0.29, 0.717) is 0 Å². The van der Waals surface area contributed by atoms with Crippen LogP contribution >= 0.6 is 37.9 Å². The van der Waals surface area contributed by atoms with Gasteiger partial charge in [-0.2, -0.15) is 0 Å². The van der Waals surface area contributed by atoms with Crippen molar-refractivity contribution in [3.05, 3.63) is 0 Å². The molecule has 0 saturated heterocycles. The third-order valence-corrected chi connectivity index (χ3v) is 0. The van der Waals surface area contributed by atoms with Gasteiger partial charge in [-0.15, -0.1) is 37.9 Å². The molecule has 0 bridgehead atoms. The molecule has 0 unspecified atom stereocenters. The number of hydrogen-bond acceptors (Lipinski definition) is 4. The Morgan fingerprint density at radius 3 is 1.20 bits per heavy atom. The molecular weight excluding hydrogens is 124 g/mol. The first kappa shape index (κ1) is 6.01. The monoisotopic (exact) mass is 128 g/mol. The summed E-state index contributed by atoms with van der Waals surface area (Å²) in [6, 6.07) is 0. The van der Waals surface area contributed by atoms with Gasteiger partial charge in [-0.3, -0.25) is 0 Å². The van der Waals surface area contributed by atoms with E-state index in [1.165, 1.54) is 0 Å². The van der Waals surface area contributed by atoms with Gasteiger partial charge in [-0.05, 0) is 0 Å². The maximum Gasteiger partial charge on any atom is 0.197 e. The van der Waals surface area contributed by atoms with Crippen molar-refractivity contribution in [3.8, 4) is 0 Å². The molecule has 0 rings (SSSR count). The molecule has 0 aromatic heterocycles. The molecule has 5 heavy (non-hydrogen) atoms. The maximum absolute atomic E-state index is 8.11. The van der Waals surface area contributed by atoms with Crippen molar-refractivity contribution < 1.29 is 5.11 Å². The average Bonchev–Trinajstić information content (AvgIpc) is 0.722. The Morgan fingerprint density at radius 1 is 1.20 bits per heavy atom. The maximum atomic E-state index is 8.11. The fourth-order valence-electron chi connectivity index (χ4n) is 0. The van der Waals surface area contributed by atoms with Crippen LogP contribution in [0, 0.1) is 0 Å². The van der Waals surface area contributed by atoms with Gasteiger partial charge in [0.2, 0.25) is 0 Å². The molecule has 0 fully saturated rings. The van der Waals surface area contributed by atoms with E-state index in [1.54, 1.807) is 0 Å². The Balaban J connectivity index is 3.02. The third kappa shape index (κ3) is 44.5. The Hall–Kier alpha value is 1.01. The number of rotatable bonds is 0. The Morgan fingerprint density at radius 2 is 1.20 bits per heavy atom. The Bertz CT molecular complexity index is 22.4. The molecule has 0 heterocycles. The van der Waals surface area contributed by atoms with Crippen LogP contribution in [0.5, 0.6) is 0 Å². The summed E-state index contributed by atoms with van der Waals surface area (Å²) in [6.45, 7) is 0. The molecule has 0 spiro atoms. The molecular formula is CH4OS3. The van der Waals surface area contributed by atoms with Crippen molar-refractivity contribution in [2.45, 2.75) is 3.60 Å². The number of hydrogen-bond donors (Lipinski definition) is 4. The van der Waals surface area contributed by atoms with E-state index in [0.717, 1.165) is 0 Å². The van der Waals surface area contributed by atoms with Gasteiger partial charge >= 0.3 is 0 Å². The molecule has 0 aliphatic rings. The summed E-state index contributed by atoms with van der Waals surface area (Å²) in [5, 5.41) is 8.11. The predicted octanol–water partition coefficient (Wildman–Crippen LogP) is 0.379. The van der Waals surface area contributed by atoms with Gasteiger partial charge in [0, 0.05) is 0 Å². The van der Waals surface area contributed by atoms with Crippen LogP contribution in [0.3, 0.4) is 0 Å². The highest BCUT2D eigenvalue weighted by Gasteiger charge is 2.02. The Kier molecular flexibility index (Phi) is 1.97. The molecule has 0 atom stereocenters.